The molecule has 4 atom stereocenters. The number of rotatable bonds is 32. The molecule has 0 spiro atoms. The number of unbranched alkanes of at least 4 members (excludes halogenated alkanes) is 21. The topological polar surface area (TPSA) is 110 Å². The Bertz CT molecular complexity index is 599. The van der Waals surface area contributed by atoms with Crippen LogP contribution in [0.2, 0.25) is 0 Å². The molecule has 0 aromatic rings. The number of aliphatic hydroxyl groups excluding tert-OH is 4. The molecule has 42 heavy (non-hydrogen) atoms. The van der Waals surface area contributed by atoms with Gasteiger partial charge in [0.05, 0.1) is 18.8 Å². The van der Waals surface area contributed by atoms with Gasteiger partial charge in [-0.3, -0.25) is 4.79 Å². The van der Waals surface area contributed by atoms with E-state index in [2.05, 4.69) is 31.3 Å². The van der Waals surface area contributed by atoms with Gasteiger partial charge in [-0.05, 0) is 38.5 Å². The predicted molar refractivity (Wildman–Crippen MR) is 178 cm³/mol. The van der Waals surface area contributed by atoms with Crippen molar-refractivity contribution in [1.82, 2.24) is 5.32 Å². The Morgan fingerprint density at radius 3 is 1.38 bits per heavy atom. The predicted octanol–water partition coefficient (Wildman–Crippen LogP) is 8.28. The quantitative estimate of drug-likeness (QED) is 0.0396. The lowest BCUT2D eigenvalue weighted by molar-refractivity contribution is -0.132. The van der Waals surface area contributed by atoms with E-state index in [4.69, 9.17) is 0 Å². The van der Waals surface area contributed by atoms with Crippen LogP contribution in [0.15, 0.2) is 12.2 Å². The van der Waals surface area contributed by atoms with E-state index in [1.807, 2.05) is 0 Å². The van der Waals surface area contributed by atoms with Crippen molar-refractivity contribution < 1.29 is 25.2 Å². The van der Waals surface area contributed by atoms with Crippen molar-refractivity contribution in [2.75, 3.05) is 6.61 Å². The minimum absolute atomic E-state index is 0.364. The Balaban J connectivity index is 3.82. The van der Waals surface area contributed by atoms with Crippen LogP contribution in [0.5, 0.6) is 0 Å². The summed E-state index contributed by atoms with van der Waals surface area (Å²) in [7, 11) is 0. The lowest BCUT2D eigenvalue weighted by Crippen LogP contribution is -2.53. The number of carbonyl (C=O) groups is 1. The molecular weight excluding hydrogens is 526 g/mol. The first-order chi connectivity index (χ1) is 20.5. The largest absolute Gasteiger partial charge is 0.394 e. The fourth-order valence-corrected chi connectivity index (χ4v) is 5.51. The van der Waals surface area contributed by atoms with E-state index in [9.17, 15) is 25.2 Å². The van der Waals surface area contributed by atoms with Gasteiger partial charge in [0, 0.05) is 0 Å². The smallest absolute Gasteiger partial charge is 0.249 e. The molecule has 0 fully saturated rings. The number of aliphatic hydroxyl groups is 4. The Labute approximate surface area is 260 Å². The van der Waals surface area contributed by atoms with E-state index in [0.717, 1.165) is 44.9 Å². The van der Waals surface area contributed by atoms with E-state index < -0.39 is 36.9 Å². The van der Waals surface area contributed by atoms with Gasteiger partial charge in [0.2, 0.25) is 5.91 Å². The maximum absolute atomic E-state index is 12.4. The van der Waals surface area contributed by atoms with Crippen LogP contribution in [-0.4, -0.2) is 57.3 Å². The summed E-state index contributed by atoms with van der Waals surface area (Å²) in [6.07, 6.45) is 30.9. The van der Waals surface area contributed by atoms with Crippen LogP contribution in [0.1, 0.15) is 181 Å². The van der Waals surface area contributed by atoms with Gasteiger partial charge in [-0.25, -0.2) is 0 Å². The number of nitrogens with one attached hydrogen (secondary N) is 1. The van der Waals surface area contributed by atoms with Crippen LogP contribution in [0, 0.1) is 0 Å². The van der Waals surface area contributed by atoms with Crippen molar-refractivity contribution in [3.05, 3.63) is 12.2 Å². The normalized spacial score (nSPS) is 14.7. The third kappa shape index (κ3) is 25.5. The molecule has 0 radical (unpaired) electrons. The van der Waals surface area contributed by atoms with Crippen LogP contribution < -0.4 is 5.32 Å². The molecule has 0 aromatic heterocycles. The first-order valence-corrected chi connectivity index (χ1v) is 18.1. The maximum atomic E-state index is 12.4. The van der Waals surface area contributed by atoms with Gasteiger partial charge in [0.15, 0.2) is 0 Å². The highest BCUT2D eigenvalue weighted by Crippen LogP contribution is 2.15. The zero-order valence-corrected chi connectivity index (χ0v) is 27.8. The van der Waals surface area contributed by atoms with Crippen molar-refractivity contribution in [2.45, 2.75) is 205 Å². The highest BCUT2D eigenvalue weighted by molar-refractivity contribution is 5.80. The molecule has 0 saturated carbocycles. The van der Waals surface area contributed by atoms with Crippen molar-refractivity contribution in [1.29, 1.82) is 0 Å². The fraction of sp³-hybridized carbons (Fsp3) is 0.917. The zero-order valence-electron chi connectivity index (χ0n) is 27.8. The Hall–Kier alpha value is -0.950. The molecule has 5 N–H and O–H groups in total. The molecule has 0 aliphatic heterocycles. The molecule has 6 nitrogen and oxygen atoms in total. The van der Waals surface area contributed by atoms with Crippen molar-refractivity contribution in [3.63, 3.8) is 0 Å². The van der Waals surface area contributed by atoms with Gasteiger partial charge >= 0.3 is 0 Å². The van der Waals surface area contributed by atoms with Gasteiger partial charge in [0.1, 0.15) is 12.2 Å². The first-order valence-electron chi connectivity index (χ1n) is 18.1. The number of hydrogen-bond donors (Lipinski definition) is 5. The molecule has 0 aromatic carbocycles. The van der Waals surface area contributed by atoms with E-state index in [1.54, 1.807) is 0 Å². The average Bonchev–Trinajstić information content (AvgIpc) is 2.99. The van der Waals surface area contributed by atoms with Gasteiger partial charge in [-0.2, -0.15) is 0 Å². The molecule has 0 heterocycles. The molecule has 0 aliphatic rings. The fourth-order valence-electron chi connectivity index (χ4n) is 5.51. The monoisotopic (exact) mass is 598 g/mol. The average molecular weight is 598 g/mol. The van der Waals surface area contributed by atoms with Crippen LogP contribution >= 0.6 is 0 Å². The standard InChI is InChI=1S/C36H71NO5/c1-3-5-7-9-11-13-15-16-17-18-19-20-22-24-26-28-30-34(40)36(42)37-32(31-38)35(41)33(39)29-27-25-23-21-14-12-10-8-6-4-2/h16-17,32-35,38-41H,3-15,18-31H2,1-2H3,(H,37,42)/b17-16-. The Morgan fingerprint density at radius 1 is 0.571 bits per heavy atom. The van der Waals surface area contributed by atoms with Crippen LogP contribution in [0.25, 0.3) is 0 Å². The van der Waals surface area contributed by atoms with Gasteiger partial charge in [0.25, 0.3) is 0 Å². The van der Waals surface area contributed by atoms with Gasteiger partial charge < -0.3 is 25.7 Å². The second kappa shape index (κ2) is 31.5. The zero-order chi connectivity index (χ0) is 31.1. The van der Waals surface area contributed by atoms with E-state index in [0.29, 0.717) is 12.8 Å². The van der Waals surface area contributed by atoms with E-state index in [1.165, 1.54) is 109 Å². The first kappa shape index (κ1) is 41.0. The minimum atomic E-state index is -1.25. The Kier molecular flexibility index (Phi) is 30.8. The lowest BCUT2D eigenvalue weighted by Gasteiger charge is -2.27. The van der Waals surface area contributed by atoms with E-state index >= 15 is 0 Å². The third-order valence-corrected chi connectivity index (χ3v) is 8.48. The summed E-state index contributed by atoms with van der Waals surface area (Å²) in [5, 5.41) is 43.3. The SMILES string of the molecule is CCCCCCCC/C=C\CCCCCCCCC(O)C(=O)NC(CO)C(O)C(O)CCCCCCCCCCCC. The van der Waals surface area contributed by atoms with Crippen LogP contribution in [-0.2, 0) is 4.79 Å². The van der Waals surface area contributed by atoms with E-state index in [-0.39, 0.29) is 0 Å². The van der Waals surface area contributed by atoms with Crippen LogP contribution in [0.4, 0.5) is 0 Å². The number of carbonyl (C=O) groups excluding carboxylic acids is 1. The van der Waals surface area contributed by atoms with Crippen LogP contribution in [0.3, 0.4) is 0 Å². The highest BCUT2D eigenvalue weighted by Gasteiger charge is 2.28. The molecule has 6 heteroatoms. The third-order valence-electron chi connectivity index (χ3n) is 8.48. The summed E-state index contributed by atoms with van der Waals surface area (Å²) < 4.78 is 0. The maximum Gasteiger partial charge on any atom is 0.249 e. The molecular formula is C36H71NO5. The molecule has 4 unspecified atom stereocenters. The summed E-state index contributed by atoms with van der Waals surface area (Å²) in [6, 6.07) is -0.981. The number of amides is 1. The molecule has 1 amide bonds. The number of allylic oxidation sites excluding steroid dienone is 2. The molecule has 0 aliphatic carbocycles. The summed E-state index contributed by atoms with van der Waals surface area (Å²) >= 11 is 0. The lowest BCUT2D eigenvalue weighted by atomic mass is 9.99. The van der Waals surface area contributed by atoms with Gasteiger partial charge in [-0.15, -0.1) is 0 Å². The number of hydrogen-bond acceptors (Lipinski definition) is 5. The summed E-state index contributed by atoms with van der Waals surface area (Å²) in [5.41, 5.74) is 0. The highest BCUT2D eigenvalue weighted by atomic mass is 16.3. The molecule has 0 bridgehead atoms. The summed E-state index contributed by atoms with van der Waals surface area (Å²) in [4.78, 5) is 12.4. The van der Waals surface area contributed by atoms with Crippen molar-refractivity contribution >= 4 is 5.91 Å². The van der Waals surface area contributed by atoms with Gasteiger partial charge in [-0.1, -0.05) is 154 Å². The second-order valence-corrected chi connectivity index (χ2v) is 12.6. The second-order valence-electron chi connectivity index (χ2n) is 12.6. The molecule has 0 rings (SSSR count). The Morgan fingerprint density at radius 2 is 0.952 bits per heavy atom. The molecule has 250 valence electrons. The summed E-state index contributed by atoms with van der Waals surface area (Å²) in [6.45, 7) is 4.00. The van der Waals surface area contributed by atoms with Crippen molar-refractivity contribution in [2.24, 2.45) is 0 Å². The van der Waals surface area contributed by atoms with Crippen molar-refractivity contribution in [3.8, 4) is 0 Å². The molecule has 0 saturated heterocycles. The minimum Gasteiger partial charge on any atom is -0.394 e. The summed E-state index contributed by atoms with van der Waals surface area (Å²) in [5.74, 6) is -0.591.